The van der Waals surface area contributed by atoms with Crippen molar-refractivity contribution in [3.05, 3.63) is 23.5 Å². The molecule has 0 aliphatic carbocycles. The third kappa shape index (κ3) is 2.37. The topological polar surface area (TPSA) is 16.1 Å². The van der Waals surface area contributed by atoms with Crippen molar-refractivity contribution in [1.82, 2.24) is 4.98 Å². The van der Waals surface area contributed by atoms with Gasteiger partial charge < -0.3 is 4.90 Å². The number of anilines is 1. The van der Waals surface area contributed by atoms with Crippen LogP contribution < -0.4 is 4.90 Å². The SMILES string of the molecule is CC(C)N1CCCc2cc(C(F)(F)F)ncc21. The first-order chi connectivity index (χ1) is 7.89. The zero-order valence-corrected chi connectivity index (χ0v) is 9.88. The monoisotopic (exact) mass is 244 g/mol. The van der Waals surface area contributed by atoms with Gasteiger partial charge in [0.05, 0.1) is 11.9 Å². The molecule has 0 atom stereocenters. The number of rotatable bonds is 1. The maximum Gasteiger partial charge on any atom is 0.433 e. The molecule has 0 N–H and O–H groups in total. The third-order valence-corrected chi connectivity index (χ3v) is 3.03. The molecule has 2 nitrogen and oxygen atoms in total. The van der Waals surface area contributed by atoms with E-state index in [2.05, 4.69) is 9.88 Å². The molecule has 0 saturated carbocycles. The molecule has 1 aliphatic heterocycles. The molecular weight excluding hydrogens is 229 g/mol. The van der Waals surface area contributed by atoms with E-state index < -0.39 is 11.9 Å². The van der Waals surface area contributed by atoms with Crippen molar-refractivity contribution in [2.75, 3.05) is 11.4 Å². The number of alkyl halides is 3. The Morgan fingerprint density at radius 1 is 1.35 bits per heavy atom. The van der Waals surface area contributed by atoms with Crippen molar-refractivity contribution in [2.24, 2.45) is 0 Å². The van der Waals surface area contributed by atoms with E-state index in [1.165, 1.54) is 12.3 Å². The van der Waals surface area contributed by atoms with E-state index in [1.807, 2.05) is 13.8 Å². The van der Waals surface area contributed by atoms with Gasteiger partial charge in [-0.05, 0) is 38.3 Å². The van der Waals surface area contributed by atoms with Crippen LogP contribution in [0.5, 0.6) is 0 Å². The second-order valence-electron chi connectivity index (χ2n) is 4.59. The first-order valence-electron chi connectivity index (χ1n) is 5.72. The fourth-order valence-corrected chi connectivity index (χ4v) is 2.20. The van der Waals surface area contributed by atoms with Crippen LogP contribution in [-0.4, -0.2) is 17.6 Å². The van der Waals surface area contributed by atoms with Crippen LogP contribution in [0.3, 0.4) is 0 Å². The summed E-state index contributed by atoms with van der Waals surface area (Å²) in [6.45, 7) is 4.96. The van der Waals surface area contributed by atoms with E-state index in [0.29, 0.717) is 6.42 Å². The summed E-state index contributed by atoms with van der Waals surface area (Å²) < 4.78 is 37.6. The van der Waals surface area contributed by atoms with Crippen molar-refractivity contribution >= 4 is 5.69 Å². The van der Waals surface area contributed by atoms with Gasteiger partial charge >= 0.3 is 6.18 Å². The quantitative estimate of drug-likeness (QED) is 0.753. The van der Waals surface area contributed by atoms with Gasteiger partial charge in [-0.25, -0.2) is 4.98 Å². The van der Waals surface area contributed by atoms with E-state index in [0.717, 1.165) is 24.2 Å². The summed E-state index contributed by atoms with van der Waals surface area (Å²) in [5.74, 6) is 0. The van der Waals surface area contributed by atoms with E-state index in [4.69, 9.17) is 0 Å². The molecule has 0 spiro atoms. The molecular formula is C12H15F3N2. The molecule has 2 heterocycles. The van der Waals surface area contributed by atoms with Gasteiger partial charge in [0, 0.05) is 12.6 Å². The van der Waals surface area contributed by atoms with Crippen LogP contribution in [0.25, 0.3) is 0 Å². The zero-order chi connectivity index (χ0) is 12.6. The molecule has 1 aliphatic rings. The minimum Gasteiger partial charge on any atom is -0.368 e. The van der Waals surface area contributed by atoms with E-state index in [-0.39, 0.29) is 6.04 Å². The average Bonchev–Trinajstić information content (AvgIpc) is 2.26. The first-order valence-corrected chi connectivity index (χ1v) is 5.72. The molecule has 2 rings (SSSR count). The Morgan fingerprint density at radius 3 is 2.65 bits per heavy atom. The first kappa shape index (κ1) is 12.2. The Bertz CT molecular complexity index is 413. The molecule has 0 unspecified atom stereocenters. The van der Waals surface area contributed by atoms with Crippen LogP contribution in [0, 0.1) is 0 Å². The van der Waals surface area contributed by atoms with Gasteiger partial charge in [-0.3, -0.25) is 0 Å². The van der Waals surface area contributed by atoms with E-state index >= 15 is 0 Å². The second-order valence-corrected chi connectivity index (χ2v) is 4.59. The second kappa shape index (κ2) is 4.20. The number of aryl methyl sites for hydroxylation is 1. The summed E-state index contributed by atoms with van der Waals surface area (Å²) in [7, 11) is 0. The fraction of sp³-hybridized carbons (Fsp3) is 0.583. The average molecular weight is 244 g/mol. The minimum atomic E-state index is -4.35. The van der Waals surface area contributed by atoms with Gasteiger partial charge in [-0.15, -0.1) is 0 Å². The molecule has 0 aromatic carbocycles. The Hall–Kier alpha value is -1.26. The Kier molecular flexibility index (Phi) is 3.02. The number of hydrogen-bond acceptors (Lipinski definition) is 2. The lowest BCUT2D eigenvalue weighted by Crippen LogP contribution is -2.35. The fourth-order valence-electron chi connectivity index (χ4n) is 2.20. The lowest BCUT2D eigenvalue weighted by molar-refractivity contribution is -0.141. The summed E-state index contributed by atoms with van der Waals surface area (Å²) >= 11 is 0. The number of nitrogens with zero attached hydrogens (tertiary/aromatic N) is 2. The van der Waals surface area contributed by atoms with Crippen molar-refractivity contribution in [3.8, 4) is 0 Å². The standard InChI is InChI=1S/C12H15F3N2/c1-8(2)17-5-3-4-9-6-11(12(13,14)15)16-7-10(9)17/h6-8H,3-5H2,1-2H3. The summed E-state index contributed by atoms with van der Waals surface area (Å²) in [6, 6.07) is 1.47. The lowest BCUT2D eigenvalue weighted by atomic mass is 10.0. The summed E-state index contributed by atoms with van der Waals surface area (Å²) in [5.41, 5.74) is 0.813. The van der Waals surface area contributed by atoms with Crippen molar-refractivity contribution in [3.63, 3.8) is 0 Å². The van der Waals surface area contributed by atoms with Gasteiger partial charge in [0.1, 0.15) is 5.69 Å². The van der Waals surface area contributed by atoms with Gasteiger partial charge in [0.25, 0.3) is 0 Å². The Balaban J connectivity index is 2.40. The predicted molar refractivity (Wildman–Crippen MR) is 60.0 cm³/mol. The maximum atomic E-state index is 12.5. The number of fused-ring (bicyclic) bond motifs is 1. The minimum absolute atomic E-state index is 0.285. The van der Waals surface area contributed by atoms with Gasteiger partial charge in [0.2, 0.25) is 0 Å². The highest BCUT2D eigenvalue weighted by Gasteiger charge is 2.33. The molecule has 5 heteroatoms. The number of hydrogen-bond donors (Lipinski definition) is 0. The Labute approximate surface area is 98.5 Å². The lowest BCUT2D eigenvalue weighted by Gasteiger charge is -2.34. The number of aromatic nitrogens is 1. The molecule has 0 fully saturated rings. The molecule has 1 aromatic heterocycles. The van der Waals surface area contributed by atoms with Crippen LogP contribution in [0.15, 0.2) is 12.3 Å². The molecule has 0 amide bonds. The molecule has 0 radical (unpaired) electrons. The summed E-state index contributed by atoms with van der Waals surface area (Å²) in [4.78, 5) is 5.63. The van der Waals surface area contributed by atoms with Crippen molar-refractivity contribution < 1.29 is 13.2 Å². The van der Waals surface area contributed by atoms with Crippen LogP contribution >= 0.6 is 0 Å². The molecule has 0 bridgehead atoms. The normalized spacial score (nSPS) is 16.2. The summed E-state index contributed by atoms with van der Waals surface area (Å²) in [5, 5.41) is 0. The van der Waals surface area contributed by atoms with E-state index in [9.17, 15) is 13.2 Å². The van der Waals surface area contributed by atoms with Gasteiger partial charge in [0.15, 0.2) is 0 Å². The number of halogens is 3. The van der Waals surface area contributed by atoms with Gasteiger partial charge in [-0.2, -0.15) is 13.2 Å². The number of pyridine rings is 1. The molecule has 94 valence electrons. The largest absolute Gasteiger partial charge is 0.433 e. The molecule has 17 heavy (non-hydrogen) atoms. The van der Waals surface area contributed by atoms with Crippen molar-refractivity contribution in [1.29, 1.82) is 0 Å². The third-order valence-electron chi connectivity index (χ3n) is 3.03. The summed E-state index contributed by atoms with van der Waals surface area (Å²) in [6.07, 6.45) is -1.40. The maximum absolute atomic E-state index is 12.5. The molecule has 1 aromatic rings. The highest BCUT2D eigenvalue weighted by Crippen LogP contribution is 2.33. The van der Waals surface area contributed by atoms with Gasteiger partial charge in [-0.1, -0.05) is 0 Å². The predicted octanol–water partition coefficient (Wildman–Crippen LogP) is 3.26. The van der Waals surface area contributed by atoms with Crippen LogP contribution in [-0.2, 0) is 12.6 Å². The van der Waals surface area contributed by atoms with Crippen LogP contribution in [0.2, 0.25) is 0 Å². The highest BCUT2D eigenvalue weighted by atomic mass is 19.4. The zero-order valence-electron chi connectivity index (χ0n) is 9.88. The Morgan fingerprint density at radius 2 is 2.06 bits per heavy atom. The van der Waals surface area contributed by atoms with Crippen LogP contribution in [0.4, 0.5) is 18.9 Å². The van der Waals surface area contributed by atoms with Crippen molar-refractivity contribution in [2.45, 2.75) is 38.9 Å². The highest BCUT2D eigenvalue weighted by molar-refractivity contribution is 5.55. The molecule has 0 saturated heterocycles. The van der Waals surface area contributed by atoms with E-state index in [1.54, 1.807) is 0 Å². The smallest absolute Gasteiger partial charge is 0.368 e. The van der Waals surface area contributed by atoms with Crippen LogP contribution in [0.1, 0.15) is 31.5 Å².